The van der Waals surface area contributed by atoms with Crippen molar-refractivity contribution in [2.24, 2.45) is 11.3 Å². The molecular weight excluding hydrogens is 180 g/mol. The summed E-state index contributed by atoms with van der Waals surface area (Å²) in [5.74, 6) is -0.691. The summed E-state index contributed by atoms with van der Waals surface area (Å²) in [6.45, 7) is 5.96. The van der Waals surface area contributed by atoms with Gasteiger partial charge < -0.3 is 4.74 Å². The van der Waals surface area contributed by atoms with E-state index in [4.69, 9.17) is 0 Å². The van der Waals surface area contributed by atoms with Crippen LogP contribution in [0.5, 0.6) is 0 Å². The molecule has 76 valence electrons. The molecule has 1 unspecified atom stereocenters. The molecule has 2 aliphatic rings. The summed E-state index contributed by atoms with van der Waals surface area (Å²) < 4.78 is 4.66. The van der Waals surface area contributed by atoms with Crippen molar-refractivity contribution in [2.45, 2.75) is 33.6 Å². The van der Waals surface area contributed by atoms with Crippen LogP contribution in [0.3, 0.4) is 0 Å². The Balaban J connectivity index is 2.57. The third-order valence-electron chi connectivity index (χ3n) is 3.25. The second-order valence-electron chi connectivity index (χ2n) is 4.79. The summed E-state index contributed by atoms with van der Waals surface area (Å²) in [6.07, 6.45) is 1.89. The van der Waals surface area contributed by atoms with Gasteiger partial charge in [0.05, 0.1) is 11.1 Å². The molecule has 0 aromatic carbocycles. The minimum Gasteiger partial charge on any atom is -0.386 e. The first-order chi connectivity index (χ1) is 6.43. The summed E-state index contributed by atoms with van der Waals surface area (Å²) in [5.41, 5.74) is 1.03. The molecular formula is C11H14O3. The lowest BCUT2D eigenvalue weighted by Crippen LogP contribution is -2.26. The highest BCUT2D eigenvalue weighted by Gasteiger charge is 2.46. The number of hydrogen-bond acceptors (Lipinski definition) is 3. The highest BCUT2D eigenvalue weighted by Crippen LogP contribution is 2.46. The number of ether oxygens (including phenoxy) is 1. The van der Waals surface area contributed by atoms with Gasteiger partial charge in [0.1, 0.15) is 0 Å². The van der Waals surface area contributed by atoms with E-state index in [2.05, 4.69) is 4.74 Å². The molecule has 1 aliphatic carbocycles. The van der Waals surface area contributed by atoms with Crippen LogP contribution in [0, 0.1) is 11.3 Å². The van der Waals surface area contributed by atoms with Gasteiger partial charge in [-0.25, -0.2) is 9.59 Å². The van der Waals surface area contributed by atoms with Gasteiger partial charge in [0, 0.05) is 0 Å². The first-order valence-corrected chi connectivity index (χ1v) is 4.94. The molecule has 14 heavy (non-hydrogen) atoms. The second kappa shape index (κ2) is 2.69. The first kappa shape index (κ1) is 9.44. The maximum absolute atomic E-state index is 11.5. The van der Waals surface area contributed by atoms with Crippen molar-refractivity contribution >= 4 is 11.9 Å². The Kier molecular flexibility index (Phi) is 1.81. The molecule has 1 atom stereocenters. The minimum atomic E-state index is -0.429. The molecule has 0 fully saturated rings. The minimum absolute atomic E-state index is 0.164. The van der Waals surface area contributed by atoms with Crippen LogP contribution >= 0.6 is 0 Å². The molecule has 0 N–H and O–H groups in total. The van der Waals surface area contributed by atoms with Gasteiger partial charge in [0.15, 0.2) is 0 Å². The molecule has 2 rings (SSSR count). The Morgan fingerprint density at radius 1 is 1.29 bits per heavy atom. The SMILES string of the molecule is CC1CCC(C)(C)C2=C1C(=O)OC2=O. The van der Waals surface area contributed by atoms with Crippen LogP contribution in [0.25, 0.3) is 0 Å². The quantitative estimate of drug-likeness (QED) is 0.436. The van der Waals surface area contributed by atoms with Crippen molar-refractivity contribution in [2.75, 3.05) is 0 Å². The Morgan fingerprint density at radius 2 is 1.93 bits per heavy atom. The van der Waals surface area contributed by atoms with Gasteiger partial charge in [-0.2, -0.15) is 0 Å². The van der Waals surface area contributed by atoms with E-state index in [1.807, 2.05) is 20.8 Å². The Hall–Kier alpha value is -1.12. The molecule has 0 aromatic heterocycles. The number of rotatable bonds is 0. The number of cyclic esters (lactones) is 2. The van der Waals surface area contributed by atoms with Crippen LogP contribution in [0.2, 0.25) is 0 Å². The number of hydrogen-bond donors (Lipinski definition) is 0. The smallest absolute Gasteiger partial charge is 0.343 e. The predicted octanol–water partition coefficient (Wildman–Crippen LogP) is 1.82. The van der Waals surface area contributed by atoms with Crippen molar-refractivity contribution in [1.29, 1.82) is 0 Å². The number of carbonyl (C=O) groups excluding carboxylic acids is 2. The maximum atomic E-state index is 11.5. The first-order valence-electron chi connectivity index (χ1n) is 4.94. The molecule has 1 aliphatic heterocycles. The zero-order valence-corrected chi connectivity index (χ0v) is 8.72. The molecule has 0 saturated heterocycles. The van der Waals surface area contributed by atoms with Crippen LogP contribution in [-0.4, -0.2) is 11.9 Å². The highest BCUT2D eigenvalue weighted by molar-refractivity contribution is 6.13. The lowest BCUT2D eigenvalue weighted by atomic mass is 9.70. The van der Waals surface area contributed by atoms with E-state index in [1.54, 1.807) is 0 Å². The van der Waals surface area contributed by atoms with Crippen molar-refractivity contribution in [3.05, 3.63) is 11.1 Å². The molecule has 3 nitrogen and oxygen atoms in total. The lowest BCUT2D eigenvalue weighted by molar-refractivity contribution is -0.151. The Morgan fingerprint density at radius 3 is 2.50 bits per heavy atom. The summed E-state index contributed by atoms with van der Waals surface area (Å²) >= 11 is 0. The molecule has 0 spiro atoms. The zero-order valence-electron chi connectivity index (χ0n) is 8.72. The topological polar surface area (TPSA) is 43.4 Å². The molecule has 0 saturated carbocycles. The average molecular weight is 194 g/mol. The predicted molar refractivity (Wildman–Crippen MR) is 50.3 cm³/mol. The summed E-state index contributed by atoms with van der Waals surface area (Å²) in [7, 11) is 0. The number of carbonyl (C=O) groups is 2. The van der Waals surface area contributed by atoms with Crippen LogP contribution in [0.15, 0.2) is 11.1 Å². The van der Waals surface area contributed by atoms with Gasteiger partial charge in [0.2, 0.25) is 0 Å². The molecule has 1 heterocycles. The Labute approximate surface area is 83.1 Å². The zero-order chi connectivity index (χ0) is 10.5. The highest BCUT2D eigenvalue weighted by atomic mass is 16.6. The summed E-state index contributed by atoms with van der Waals surface area (Å²) in [6, 6.07) is 0. The van der Waals surface area contributed by atoms with E-state index in [-0.39, 0.29) is 11.3 Å². The Bertz CT molecular complexity index is 350. The summed E-state index contributed by atoms with van der Waals surface area (Å²) in [5, 5.41) is 0. The fraction of sp³-hybridized carbons (Fsp3) is 0.636. The van der Waals surface area contributed by atoms with Crippen LogP contribution in [-0.2, 0) is 14.3 Å². The number of esters is 2. The second-order valence-corrected chi connectivity index (χ2v) is 4.79. The maximum Gasteiger partial charge on any atom is 0.343 e. The van der Waals surface area contributed by atoms with Gasteiger partial charge >= 0.3 is 11.9 Å². The van der Waals surface area contributed by atoms with Crippen molar-refractivity contribution < 1.29 is 14.3 Å². The average Bonchev–Trinajstić information content (AvgIpc) is 2.36. The van der Waals surface area contributed by atoms with E-state index in [9.17, 15) is 9.59 Å². The fourth-order valence-electron chi connectivity index (χ4n) is 2.34. The van der Waals surface area contributed by atoms with Gasteiger partial charge in [-0.05, 0) is 24.2 Å². The molecule has 0 bridgehead atoms. The van der Waals surface area contributed by atoms with Crippen LogP contribution in [0.1, 0.15) is 33.6 Å². The van der Waals surface area contributed by atoms with E-state index in [0.29, 0.717) is 11.1 Å². The third-order valence-corrected chi connectivity index (χ3v) is 3.25. The third kappa shape index (κ3) is 1.11. The molecule has 0 aromatic rings. The van der Waals surface area contributed by atoms with Crippen molar-refractivity contribution in [3.63, 3.8) is 0 Å². The molecule has 0 radical (unpaired) electrons. The monoisotopic (exact) mass is 194 g/mol. The largest absolute Gasteiger partial charge is 0.386 e. The van der Waals surface area contributed by atoms with Gasteiger partial charge in [-0.15, -0.1) is 0 Å². The van der Waals surface area contributed by atoms with Crippen molar-refractivity contribution in [3.8, 4) is 0 Å². The van der Waals surface area contributed by atoms with Crippen molar-refractivity contribution in [1.82, 2.24) is 0 Å². The summed E-state index contributed by atoms with van der Waals surface area (Å²) in [4.78, 5) is 22.9. The van der Waals surface area contributed by atoms with Gasteiger partial charge in [0.25, 0.3) is 0 Å². The van der Waals surface area contributed by atoms with Crippen LogP contribution in [0.4, 0.5) is 0 Å². The normalized spacial score (nSPS) is 30.4. The van der Waals surface area contributed by atoms with E-state index >= 15 is 0 Å². The standard InChI is InChI=1S/C11H14O3/c1-6-4-5-11(2,3)8-7(6)9(12)14-10(8)13/h6H,4-5H2,1-3H3. The van der Waals surface area contributed by atoms with Crippen LogP contribution < -0.4 is 0 Å². The van der Waals surface area contributed by atoms with Gasteiger partial charge in [-0.1, -0.05) is 20.8 Å². The van der Waals surface area contributed by atoms with E-state index < -0.39 is 11.9 Å². The van der Waals surface area contributed by atoms with Gasteiger partial charge in [-0.3, -0.25) is 0 Å². The fourth-order valence-corrected chi connectivity index (χ4v) is 2.34. The van der Waals surface area contributed by atoms with E-state index in [1.165, 1.54) is 0 Å². The lowest BCUT2D eigenvalue weighted by Gasteiger charge is -2.31. The molecule has 3 heteroatoms. The molecule has 0 amide bonds. The van der Waals surface area contributed by atoms with E-state index in [0.717, 1.165) is 12.8 Å².